The van der Waals surface area contributed by atoms with E-state index in [4.69, 9.17) is 21.7 Å². The van der Waals surface area contributed by atoms with Crippen molar-refractivity contribution in [1.29, 1.82) is 0 Å². The van der Waals surface area contributed by atoms with Crippen molar-refractivity contribution in [2.24, 2.45) is 0 Å². The number of aromatic nitrogens is 3. The lowest BCUT2D eigenvalue weighted by atomic mass is 9.93. The number of halogens is 1. The second kappa shape index (κ2) is 8.12. The van der Waals surface area contributed by atoms with Gasteiger partial charge in [-0.3, -0.25) is 0 Å². The summed E-state index contributed by atoms with van der Waals surface area (Å²) in [6, 6.07) is 12.7. The highest BCUT2D eigenvalue weighted by Crippen LogP contribution is 2.31. The molecule has 1 saturated heterocycles. The van der Waals surface area contributed by atoms with Crippen molar-refractivity contribution >= 4 is 23.1 Å². The van der Waals surface area contributed by atoms with Crippen molar-refractivity contribution < 1.29 is 0 Å². The number of anilines is 1. The van der Waals surface area contributed by atoms with E-state index in [0.29, 0.717) is 6.04 Å². The maximum Gasteiger partial charge on any atom is 0.157 e. The summed E-state index contributed by atoms with van der Waals surface area (Å²) < 4.78 is 2.02. The van der Waals surface area contributed by atoms with Gasteiger partial charge in [-0.2, -0.15) is 9.61 Å². The highest BCUT2D eigenvalue weighted by molar-refractivity contribution is 6.30. The first-order valence-corrected chi connectivity index (χ1v) is 10.5. The average molecular weight is 395 g/mol. The van der Waals surface area contributed by atoms with Crippen molar-refractivity contribution in [3.05, 3.63) is 71.7 Å². The lowest BCUT2D eigenvalue weighted by Gasteiger charge is -2.36. The number of nitrogens with zero attached hydrogens (tertiary/aromatic N) is 4. The van der Waals surface area contributed by atoms with Gasteiger partial charge in [-0.1, -0.05) is 30.7 Å². The SMILES string of the molecule is [CH2][CH]C1CCCCN1c1cc(C)nc2cc(C(CC)c3ccc(Cl)cc3)nn12. The van der Waals surface area contributed by atoms with Crippen LogP contribution < -0.4 is 4.90 Å². The van der Waals surface area contributed by atoms with E-state index in [1.165, 1.54) is 18.4 Å². The highest BCUT2D eigenvalue weighted by atomic mass is 35.5. The predicted octanol–water partition coefficient (Wildman–Crippen LogP) is 5.63. The van der Waals surface area contributed by atoms with Crippen LogP contribution in [0.5, 0.6) is 0 Å². The molecule has 0 N–H and O–H groups in total. The second-order valence-electron chi connectivity index (χ2n) is 7.60. The van der Waals surface area contributed by atoms with Gasteiger partial charge in [0.2, 0.25) is 0 Å². The number of aryl methyl sites for hydroxylation is 1. The summed E-state index contributed by atoms with van der Waals surface area (Å²) in [6.45, 7) is 9.34. The molecule has 3 heterocycles. The predicted molar refractivity (Wildman–Crippen MR) is 116 cm³/mol. The minimum atomic E-state index is 0.226. The van der Waals surface area contributed by atoms with Gasteiger partial charge in [0.1, 0.15) is 5.82 Å². The van der Waals surface area contributed by atoms with Crippen molar-refractivity contribution in [3.8, 4) is 0 Å². The Labute approximate surface area is 172 Å². The second-order valence-corrected chi connectivity index (χ2v) is 8.04. The molecule has 2 aromatic heterocycles. The molecule has 0 spiro atoms. The van der Waals surface area contributed by atoms with Crippen molar-refractivity contribution in [3.63, 3.8) is 0 Å². The number of hydrogen-bond donors (Lipinski definition) is 0. The molecule has 1 aliphatic rings. The van der Waals surface area contributed by atoms with E-state index >= 15 is 0 Å². The standard InChI is InChI=1S/C23H27ClN4/c1-4-19-8-6-7-13-27(19)23-14-16(3)25-22-15-21(26-28(22)23)20(5-2)17-9-11-18(24)12-10-17/h4,9-12,14-15,19-20H,1,5-8,13H2,2-3H3. The molecule has 2 radical (unpaired) electrons. The van der Waals surface area contributed by atoms with E-state index in [9.17, 15) is 0 Å². The van der Waals surface area contributed by atoms with Gasteiger partial charge in [0, 0.05) is 41.4 Å². The third kappa shape index (κ3) is 3.62. The molecule has 28 heavy (non-hydrogen) atoms. The van der Waals surface area contributed by atoms with Crippen LogP contribution in [0.25, 0.3) is 5.65 Å². The Morgan fingerprint density at radius 2 is 2.04 bits per heavy atom. The lowest BCUT2D eigenvalue weighted by molar-refractivity contribution is 0.493. The smallest absolute Gasteiger partial charge is 0.157 e. The summed E-state index contributed by atoms with van der Waals surface area (Å²) in [5.74, 6) is 1.34. The fraction of sp³-hybridized carbons (Fsp3) is 0.391. The van der Waals surface area contributed by atoms with Crippen LogP contribution >= 0.6 is 11.6 Å². The number of benzene rings is 1. The summed E-state index contributed by atoms with van der Waals surface area (Å²) in [6.07, 6.45) is 6.62. The normalized spacial score (nSPS) is 18.6. The largest absolute Gasteiger partial charge is 0.353 e. The molecule has 1 aliphatic heterocycles. The molecule has 2 unspecified atom stereocenters. The van der Waals surface area contributed by atoms with Crippen LogP contribution in [0.4, 0.5) is 5.82 Å². The number of piperidine rings is 1. The zero-order valence-electron chi connectivity index (χ0n) is 16.6. The molecule has 1 fully saturated rings. The fourth-order valence-corrected chi connectivity index (χ4v) is 4.40. The van der Waals surface area contributed by atoms with Gasteiger partial charge in [-0.05, 0) is 63.6 Å². The van der Waals surface area contributed by atoms with Gasteiger partial charge in [-0.15, -0.1) is 0 Å². The Balaban J connectivity index is 1.79. The Kier molecular flexibility index (Phi) is 5.58. The first-order valence-electron chi connectivity index (χ1n) is 10.1. The quantitative estimate of drug-likeness (QED) is 0.562. The zero-order valence-corrected chi connectivity index (χ0v) is 17.4. The van der Waals surface area contributed by atoms with Gasteiger partial charge < -0.3 is 4.90 Å². The third-order valence-corrected chi connectivity index (χ3v) is 5.96. The van der Waals surface area contributed by atoms with E-state index in [-0.39, 0.29) is 5.92 Å². The Morgan fingerprint density at radius 3 is 2.75 bits per heavy atom. The first kappa shape index (κ1) is 19.3. The molecule has 2 atom stereocenters. The Morgan fingerprint density at radius 1 is 1.25 bits per heavy atom. The van der Waals surface area contributed by atoms with Gasteiger partial charge in [0.25, 0.3) is 0 Å². The molecular formula is C23H27ClN4. The van der Waals surface area contributed by atoms with Crippen LogP contribution in [-0.4, -0.2) is 27.2 Å². The van der Waals surface area contributed by atoms with Gasteiger partial charge in [0.05, 0.1) is 5.69 Å². The summed E-state index contributed by atoms with van der Waals surface area (Å²) in [7, 11) is 0. The van der Waals surface area contributed by atoms with Crippen LogP contribution in [-0.2, 0) is 0 Å². The molecular weight excluding hydrogens is 368 g/mol. The summed E-state index contributed by atoms with van der Waals surface area (Å²) in [5, 5.41) is 5.77. The van der Waals surface area contributed by atoms with Crippen LogP contribution in [0, 0.1) is 20.3 Å². The van der Waals surface area contributed by atoms with Crippen molar-refractivity contribution in [2.45, 2.75) is 51.5 Å². The third-order valence-electron chi connectivity index (χ3n) is 5.71. The van der Waals surface area contributed by atoms with Crippen LogP contribution in [0.3, 0.4) is 0 Å². The molecule has 0 bridgehead atoms. The maximum atomic E-state index is 6.08. The van der Waals surface area contributed by atoms with Crippen LogP contribution in [0.15, 0.2) is 36.4 Å². The van der Waals surface area contributed by atoms with Crippen LogP contribution in [0.1, 0.15) is 55.5 Å². The van der Waals surface area contributed by atoms with Gasteiger partial charge in [0.15, 0.2) is 5.65 Å². The van der Waals surface area contributed by atoms with Gasteiger partial charge in [-0.25, -0.2) is 4.98 Å². The van der Waals surface area contributed by atoms with E-state index in [1.54, 1.807) is 0 Å². The molecule has 4 nitrogen and oxygen atoms in total. The minimum absolute atomic E-state index is 0.226. The van der Waals surface area contributed by atoms with Crippen LogP contribution in [0.2, 0.25) is 5.02 Å². The van der Waals surface area contributed by atoms with Gasteiger partial charge >= 0.3 is 0 Å². The minimum Gasteiger partial charge on any atom is -0.353 e. The average Bonchev–Trinajstić information content (AvgIpc) is 3.12. The number of fused-ring (bicyclic) bond motifs is 1. The summed E-state index contributed by atoms with van der Waals surface area (Å²) in [4.78, 5) is 7.18. The molecule has 146 valence electrons. The van der Waals surface area contributed by atoms with Crippen molar-refractivity contribution in [2.75, 3.05) is 11.4 Å². The van der Waals surface area contributed by atoms with E-state index in [1.807, 2.05) is 16.6 Å². The summed E-state index contributed by atoms with van der Waals surface area (Å²) in [5.41, 5.74) is 4.21. The highest BCUT2D eigenvalue weighted by Gasteiger charge is 2.25. The number of hydrogen-bond acceptors (Lipinski definition) is 3. The maximum absolute atomic E-state index is 6.08. The molecule has 1 aromatic carbocycles. The van der Waals surface area contributed by atoms with E-state index in [0.717, 1.165) is 47.3 Å². The molecule has 0 saturated carbocycles. The zero-order chi connectivity index (χ0) is 19.7. The van der Waals surface area contributed by atoms with E-state index in [2.05, 4.69) is 56.4 Å². The Bertz CT molecular complexity index is 947. The topological polar surface area (TPSA) is 33.4 Å². The summed E-state index contributed by atoms with van der Waals surface area (Å²) >= 11 is 6.08. The number of rotatable bonds is 5. The van der Waals surface area contributed by atoms with E-state index < -0.39 is 0 Å². The molecule has 0 aliphatic carbocycles. The lowest BCUT2D eigenvalue weighted by Crippen LogP contribution is -2.40. The first-order chi connectivity index (χ1) is 13.6. The molecule has 4 rings (SSSR count). The Hall–Kier alpha value is -2.07. The molecule has 5 heteroatoms. The molecule has 0 amide bonds. The molecule has 3 aromatic rings. The fourth-order valence-electron chi connectivity index (χ4n) is 4.27. The monoisotopic (exact) mass is 394 g/mol. The van der Waals surface area contributed by atoms with Crippen molar-refractivity contribution in [1.82, 2.24) is 14.6 Å².